The average molecular weight is 283 g/mol. The van der Waals surface area contributed by atoms with Gasteiger partial charge in [-0.3, -0.25) is 0 Å². The van der Waals surface area contributed by atoms with Gasteiger partial charge in [0.05, 0.1) is 7.11 Å². The Morgan fingerprint density at radius 3 is 2.19 bits per heavy atom. The highest BCUT2D eigenvalue weighted by molar-refractivity contribution is 5.39. The summed E-state index contributed by atoms with van der Waals surface area (Å²) in [5, 5.41) is 0. The Labute approximate surface area is 127 Å². The Balaban J connectivity index is 2.25. The maximum absolute atomic E-state index is 6.02. The highest BCUT2D eigenvalue weighted by atomic mass is 16.5. The van der Waals surface area contributed by atoms with Crippen LogP contribution in [-0.2, 0) is 6.42 Å². The first kappa shape index (κ1) is 15.6. The van der Waals surface area contributed by atoms with Crippen LogP contribution in [0.5, 0.6) is 5.75 Å². The molecule has 0 bridgehead atoms. The molecule has 0 amide bonds. The third-order valence-corrected chi connectivity index (χ3v) is 3.94. The van der Waals surface area contributed by atoms with Gasteiger partial charge in [-0.1, -0.05) is 41.5 Å². The number of benzene rings is 2. The van der Waals surface area contributed by atoms with Crippen LogP contribution in [0.25, 0.3) is 0 Å². The molecule has 21 heavy (non-hydrogen) atoms. The first-order valence-electron chi connectivity index (χ1n) is 7.45. The van der Waals surface area contributed by atoms with Crippen LogP contribution in [0.15, 0.2) is 36.4 Å². The predicted octanol–water partition coefficient (Wildman–Crippen LogP) is 3.91. The standard InChI is InChI=1S/C19H25NO/c1-13-7-14(2)9-16(8-13)11-18(12-20)17-5-6-19(21-4)15(3)10-17/h5-10,18H,11-12,20H2,1-4H3. The molecule has 2 nitrogen and oxygen atoms in total. The third kappa shape index (κ3) is 3.85. The van der Waals surface area contributed by atoms with Crippen molar-refractivity contribution in [3.63, 3.8) is 0 Å². The molecule has 1 atom stereocenters. The summed E-state index contributed by atoms with van der Waals surface area (Å²) in [7, 11) is 1.71. The van der Waals surface area contributed by atoms with Gasteiger partial charge >= 0.3 is 0 Å². The molecule has 0 heterocycles. The van der Waals surface area contributed by atoms with E-state index in [2.05, 4.69) is 51.1 Å². The maximum Gasteiger partial charge on any atom is 0.121 e. The lowest BCUT2D eigenvalue weighted by molar-refractivity contribution is 0.411. The fourth-order valence-corrected chi connectivity index (χ4v) is 2.96. The van der Waals surface area contributed by atoms with E-state index < -0.39 is 0 Å². The molecule has 0 aliphatic carbocycles. The zero-order valence-corrected chi connectivity index (χ0v) is 13.4. The summed E-state index contributed by atoms with van der Waals surface area (Å²) in [6, 6.07) is 13.1. The van der Waals surface area contributed by atoms with Crippen molar-refractivity contribution in [2.45, 2.75) is 33.1 Å². The highest BCUT2D eigenvalue weighted by Gasteiger charge is 2.12. The second-order valence-electron chi connectivity index (χ2n) is 5.86. The summed E-state index contributed by atoms with van der Waals surface area (Å²) in [4.78, 5) is 0. The monoisotopic (exact) mass is 283 g/mol. The van der Waals surface area contributed by atoms with Crippen molar-refractivity contribution in [1.82, 2.24) is 0 Å². The lowest BCUT2D eigenvalue weighted by atomic mass is 9.90. The van der Waals surface area contributed by atoms with Gasteiger partial charge in [-0.25, -0.2) is 0 Å². The first-order chi connectivity index (χ1) is 10.0. The van der Waals surface area contributed by atoms with Gasteiger partial charge in [0.2, 0.25) is 0 Å². The Bertz CT molecular complexity index is 599. The van der Waals surface area contributed by atoms with Crippen molar-refractivity contribution in [2.75, 3.05) is 13.7 Å². The van der Waals surface area contributed by atoms with Gasteiger partial charge in [0, 0.05) is 5.92 Å². The van der Waals surface area contributed by atoms with E-state index in [-0.39, 0.29) is 0 Å². The molecule has 0 saturated heterocycles. The fraction of sp³-hybridized carbons (Fsp3) is 0.368. The molecule has 2 rings (SSSR count). The van der Waals surface area contributed by atoms with Gasteiger partial charge in [-0.2, -0.15) is 0 Å². The number of ether oxygens (including phenoxy) is 1. The van der Waals surface area contributed by atoms with Crippen LogP contribution >= 0.6 is 0 Å². The van der Waals surface area contributed by atoms with Crippen LogP contribution in [0.4, 0.5) is 0 Å². The van der Waals surface area contributed by atoms with Crippen LogP contribution in [0, 0.1) is 20.8 Å². The molecule has 0 aliphatic heterocycles. The number of aryl methyl sites for hydroxylation is 3. The van der Waals surface area contributed by atoms with Gasteiger partial charge < -0.3 is 10.5 Å². The van der Waals surface area contributed by atoms with Crippen LogP contribution in [-0.4, -0.2) is 13.7 Å². The van der Waals surface area contributed by atoms with Crippen molar-refractivity contribution in [2.24, 2.45) is 5.73 Å². The van der Waals surface area contributed by atoms with E-state index in [4.69, 9.17) is 10.5 Å². The summed E-state index contributed by atoms with van der Waals surface area (Å²) in [6.45, 7) is 7.02. The second-order valence-corrected chi connectivity index (χ2v) is 5.86. The molecule has 0 spiro atoms. The minimum absolute atomic E-state index is 0.343. The minimum atomic E-state index is 0.343. The van der Waals surface area contributed by atoms with E-state index in [9.17, 15) is 0 Å². The normalized spacial score (nSPS) is 12.2. The number of rotatable bonds is 5. The topological polar surface area (TPSA) is 35.2 Å². The molecular weight excluding hydrogens is 258 g/mol. The summed E-state index contributed by atoms with van der Waals surface area (Å²) in [5.41, 5.74) is 12.4. The Morgan fingerprint density at radius 1 is 1.00 bits per heavy atom. The van der Waals surface area contributed by atoms with Crippen LogP contribution in [0.1, 0.15) is 33.7 Å². The lowest BCUT2D eigenvalue weighted by Gasteiger charge is -2.18. The second kappa shape index (κ2) is 6.77. The van der Waals surface area contributed by atoms with Gasteiger partial charge in [0.15, 0.2) is 0 Å². The zero-order chi connectivity index (χ0) is 15.4. The van der Waals surface area contributed by atoms with E-state index in [0.717, 1.165) is 17.7 Å². The average Bonchev–Trinajstić information content (AvgIpc) is 2.43. The summed E-state index contributed by atoms with van der Waals surface area (Å²) in [5.74, 6) is 1.27. The zero-order valence-electron chi connectivity index (χ0n) is 13.4. The van der Waals surface area contributed by atoms with Crippen molar-refractivity contribution < 1.29 is 4.74 Å². The van der Waals surface area contributed by atoms with Gasteiger partial charge in [0.25, 0.3) is 0 Å². The third-order valence-electron chi connectivity index (χ3n) is 3.94. The first-order valence-corrected chi connectivity index (χ1v) is 7.45. The van der Waals surface area contributed by atoms with Gasteiger partial charge in [0.1, 0.15) is 5.75 Å². The summed E-state index contributed by atoms with van der Waals surface area (Å²) in [6.07, 6.45) is 0.977. The highest BCUT2D eigenvalue weighted by Crippen LogP contribution is 2.26. The van der Waals surface area contributed by atoms with E-state index >= 15 is 0 Å². The maximum atomic E-state index is 6.02. The number of hydrogen-bond donors (Lipinski definition) is 1. The minimum Gasteiger partial charge on any atom is -0.496 e. The molecule has 1 unspecified atom stereocenters. The summed E-state index contributed by atoms with van der Waals surface area (Å²) >= 11 is 0. The van der Waals surface area contributed by atoms with Crippen LogP contribution in [0.2, 0.25) is 0 Å². The SMILES string of the molecule is COc1ccc(C(CN)Cc2cc(C)cc(C)c2)cc1C. The van der Waals surface area contributed by atoms with E-state index in [1.54, 1.807) is 7.11 Å². The van der Waals surface area contributed by atoms with E-state index in [1.807, 2.05) is 6.07 Å². The molecule has 2 aromatic rings. The molecule has 0 aliphatic rings. The molecule has 0 fully saturated rings. The molecule has 2 aromatic carbocycles. The van der Waals surface area contributed by atoms with Crippen molar-refractivity contribution in [1.29, 1.82) is 0 Å². The number of hydrogen-bond acceptors (Lipinski definition) is 2. The quantitative estimate of drug-likeness (QED) is 0.903. The fourth-order valence-electron chi connectivity index (χ4n) is 2.96. The van der Waals surface area contributed by atoms with Gasteiger partial charge in [-0.15, -0.1) is 0 Å². The molecule has 0 aromatic heterocycles. The largest absolute Gasteiger partial charge is 0.496 e. The Hall–Kier alpha value is -1.80. The lowest BCUT2D eigenvalue weighted by Crippen LogP contribution is -2.15. The Morgan fingerprint density at radius 2 is 1.67 bits per heavy atom. The van der Waals surface area contributed by atoms with Gasteiger partial charge in [-0.05, 0) is 56.5 Å². The van der Waals surface area contributed by atoms with Crippen molar-refractivity contribution in [3.05, 3.63) is 64.2 Å². The summed E-state index contributed by atoms with van der Waals surface area (Å²) < 4.78 is 5.33. The van der Waals surface area contributed by atoms with E-state index in [0.29, 0.717) is 12.5 Å². The van der Waals surface area contributed by atoms with Crippen molar-refractivity contribution >= 4 is 0 Å². The number of methoxy groups -OCH3 is 1. The molecule has 0 saturated carbocycles. The Kier molecular flexibility index (Phi) is 5.03. The molecule has 2 N–H and O–H groups in total. The van der Waals surface area contributed by atoms with Crippen LogP contribution < -0.4 is 10.5 Å². The molecule has 2 heteroatoms. The number of nitrogens with two attached hydrogens (primary N) is 1. The molecule has 112 valence electrons. The smallest absolute Gasteiger partial charge is 0.121 e. The molecule has 0 radical (unpaired) electrons. The molecular formula is C19H25NO. The predicted molar refractivity (Wildman–Crippen MR) is 89.1 cm³/mol. The van der Waals surface area contributed by atoms with Crippen LogP contribution in [0.3, 0.4) is 0 Å². The van der Waals surface area contributed by atoms with E-state index in [1.165, 1.54) is 22.3 Å². The van der Waals surface area contributed by atoms with Crippen molar-refractivity contribution in [3.8, 4) is 5.75 Å².